The van der Waals surface area contributed by atoms with Crippen LogP contribution >= 0.6 is 0 Å². The highest BCUT2D eigenvalue weighted by Gasteiger charge is 2.19. The van der Waals surface area contributed by atoms with E-state index in [9.17, 15) is 0 Å². The van der Waals surface area contributed by atoms with Gasteiger partial charge in [-0.25, -0.2) is 9.97 Å². The average Bonchev–Trinajstić information content (AvgIpc) is 2.90. The summed E-state index contributed by atoms with van der Waals surface area (Å²) >= 11 is 0. The Labute approximate surface area is 98.9 Å². The van der Waals surface area contributed by atoms with E-state index in [1.165, 1.54) is 12.8 Å². The number of nitrogens with one attached hydrogen (secondary N) is 2. The quantitative estimate of drug-likeness (QED) is 0.807. The minimum absolute atomic E-state index is 0.293. The summed E-state index contributed by atoms with van der Waals surface area (Å²) in [4.78, 5) is 12.7. The second-order valence-electron chi connectivity index (χ2n) is 4.14. The second kappa shape index (κ2) is 4.58. The molecule has 2 N–H and O–H groups in total. The lowest BCUT2D eigenvalue weighted by Crippen LogP contribution is -2.27. The van der Waals surface area contributed by atoms with Gasteiger partial charge in [0.25, 0.3) is 0 Å². The van der Waals surface area contributed by atoms with E-state index in [-0.39, 0.29) is 0 Å². The fourth-order valence-corrected chi connectivity index (χ4v) is 2.04. The van der Waals surface area contributed by atoms with Gasteiger partial charge in [0.05, 0.1) is 12.2 Å². The molecule has 17 heavy (non-hydrogen) atoms. The van der Waals surface area contributed by atoms with Gasteiger partial charge in [-0.1, -0.05) is 6.42 Å². The van der Waals surface area contributed by atoms with E-state index >= 15 is 0 Å². The topological polar surface area (TPSA) is 79.4 Å². The Morgan fingerprint density at radius 3 is 3.00 bits per heavy atom. The van der Waals surface area contributed by atoms with Gasteiger partial charge in [0.1, 0.15) is 11.5 Å². The third kappa shape index (κ3) is 2.16. The second-order valence-corrected chi connectivity index (χ2v) is 4.14. The molecular formula is C11H14N6. The van der Waals surface area contributed by atoms with Gasteiger partial charge in [-0.05, 0) is 19.4 Å². The van der Waals surface area contributed by atoms with Crippen LogP contribution in [0.3, 0.4) is 0 Å². The lowest BCUT2D eigenvalue weighted by molar-refractivity contribution is 0.398. The number of aromatic nitrogens is 5. The van der Waals surface area contributed by atoms with E-state index in [2.05, 4.69) is 30.5 Å². The van der Waals surface area contributed by atoms with Crippen molar-refractivity contribution in [1.29, 1.82) is 0 Å². The van der Waals surface area contributed by atoms with Gasteiger partial charge >= 0.3 is 0 Å². The molecule has 1 saturated heterocycles. The number of hydrogen-bond donors (Lipinski definition) is 2. The molecule has 88 valence electrons. The van der Waals surface area contributed by atoms with E-state index in [1.54, 1.807) is 18.6 Å². The molecule has 0 aliphatic carbocycles. The molecule has 0 unspecified atom stereocenters. The zero-order chi connectivity index (χ0) is 11.5. The van der Waals surface area contributed by atoms with Crippen LogP contribution < -0.4 is 5.32 Å². The van der Waals surface area contributed by atoms with Gasteiger partial charge in [0, 0.05) is 12.4 Å². The van der Waals surface area contributed by atoms with Crippen LogP contribution in [-0.2, 0) is 0 Å². The third-order valence-corrected chi connectivity index (χ3v) is 2.94. The maximum absolute atomic E-state index is 4.47. The highest BCUT2D eigenvalue weighted by Crippen LogP contribution is 2.21. The molecule has 0 amide bonds. The Bertz CT molecular complexity index is 474. The van der Waals surface area contributed by atoms with Crippen LogP contribution in [0, 0.1) is 0 Å². The van der Waals surface area contributed by atoms with E-state index in [0.29, 0.717) is 17.6 Å². The molecule has 0 aromatic carbocycles. The number of hydrogen-bond acceptors (Lipinski definition) is 5. The smallest absolute Gasteiger partial charge is 0.201 e. The number of nitrogens with zero attached hydrogens (tertiary/aromatic N) is 4. The largest absolute Gasteiger partial charge is 0.307 e. The zero-order valence-electron chi connectivity index (χ0n) is 9.43. The normalized spacial score (nSPS) is 20.4. The van der Waals surface area contributed by atoms with Crippen molar-refractivity contribution in [1.82, 2.24) is 30.5 Å². The van der Waals surface area contributed by atoms with E-state index in [0.717, 1.165) is 18.8 Å². The third-order valence-electron chi connectivity index (χ3n) is 2.94. The molecule has 0 bridgehead atoms. The first kappa shape index (κ1) is 10.3. The highest BCUT2D eigenvalue weighted by molar-refractivity contribution is 5.45. The fourth-order valence-electron chi connectivity index (χ4n) is 2.04. The Balaban J connectivity index is 1.83. The average molecular weight is 230 g/mol. The molecule has 6 heteroatoms. The van der Waals surface area contributed by atoms with Crippen LogP contribution in [0.1, 0.15) is 31.1 Å². The number of H-pyrrole nitrogens is 1. The maximum atomic E-state index is 4.47. The molecule has 0 saturated carbocycles. The van der Waals surface area contributed by atoms with Crippen molar-refractivity contribution in [3.8, 4) is 11.5 Å². The molecule has 1 atom stereocenters. The summed E-state index contributed by atoms with van der Waals surface area (Å²) in [6, 6.07) is 0.293. The Morgan fingerprint density at radius 2 is 2.24 bits per heavy atom. The van der Waals surface area contributed by atoms with Gasteiger partial charge < -0.3 is 5.32 Å². The van der Waals surface area contributed by atoms with Gasteiger partial charge in [-0.2, -0.15) is 5.10 Å². The number of rotatable bonds is 2. The van der Waals surface area contributed by atoms with Gasteiger partial charge in [0.15, 0.2) is 0 Å². The van der Waals surface area contributed by atoms with Crippen molar-refractivity contribution in [3.05, 3.63) is 24.4 Å². The Kier molecular flexibility index (Phi) is 2.79. The van der Waals surface area contributed by atoms with Crippen LogP contribution in [0.5, 0.6) is 0 Å². The summed E-state index contributed by atoms with van der Waals surface area (Å²) in [6.45, 7) is 1.05. The van der Waals surface area contributed by atoms with Gasteiger partial charge in [-0.3, -0.25) is 10.1 Å². The minimum atomic E-state index is 0.293. The first-order valence-electron chi connectivity index (χ1n) is 5.85. The predicted molar refractivity (Wildman–Crippen MR) is 62.0 cm³/mol. The van der Waals surface area contributed by atoms with Crippen molar-refractivity contribution in [2.24, 2.45) is 0 Å². The minimum Gasteiger partial charge on any atom is -0.307 e. The summed E-state index contributed by atoms with van der Waals surface area (Å²) in [5.74, 6) is 1.51. The van der Waals surface area contributed by atoms with Crippen LogP contribution in [0.2, 0.25) is 0 Å². The molecule has 0 spiro atoms. The molecule has 1 fully saturated rings. The van der Waals surface area contributed by atoms with E-state index in [4.69, 9.17) is 0 Å². The molecule has 2 aromatic heterocycles. The van der Waals surface area contributed by atoms with Gasteiger partial charge in [0.2, 0.25) is 5.82 Å². The number of piperidine rings is 1. The summed E-state index contributed by atoms with van der Waals surface area (Å²) in [7, 11) is 0. The zero-order valence-corrected chi connectivity index (χ0v) is 9.43. The SMILES string of the molecule is c1cnc(-c2n[nH]c([C@H]3CCCCN3)n2)cn1. The Hall–Kier alpha value is -1.82. The molecule has 2 aromatic rings. The monoisotopic (exact) mass is 230 g/mol. The van der Waals surface area contributed by atoms with Crippen molar-refractivity contribution in [3.63, 3.8) is 0 Å². The van der Waals surface area contributed by atoms with Crippen molar-refractivity contribution in [2.45, 2.75) is 25.3 Å². The lowest BCUT2D eigenvalue weighted by Gasteiger charge is -2.20. The predicted octanol–water partition coefficient (Wildman–Crippen LogP) is 1.08. The summed E-state index contributed by atoms with van der Waals surface area (Å²) in [6.07, 6.45) is 8.53. The molecule has 0 radical (unpaired) electrons. The molecule has 6 nitrogen and oxygen atoms in total. The molecule has 3 heterocycles. The van der Waals surface area contributed by atoms with Crippen LogP contribution in [-0.4, -0.2) is 31.7 Å². The van der Waals surface area contributed by atoms with Crippen LogP contribution in [0.4, 0.5) is 0 Å². The van der Waals surface area contributed by atoms with Gasteiger partial charge in [-0.15, -0.1) is 0 Å². The van der Waals surface area contributed by atoms with Crippen LogP contribution in [0.25, 0.3) is 11.5 Å². The maximum Gasteiger partial charge on any atom is 0.201 e. The fraction of sp³-hybridized carbons (Fsp3) is 0.455. The van der Waals surface area contributed by atoms with Crippen molar-refractivity contribution >= 4 is 0 Å². The standard InChI is InChI=1S/C11H14N6/c1-2-4-13-8(3-1)10-15-11(17-16-10)9-7-12-5-6-14-9/h5-8,13H,1-4H2,(H,15,16,17)/t8-/m1/s1. The van der Waals surface area contributed by atoms with Crippen molar-refractivity contribution in [2.75, 3.05) is 6.54 Å². The van der Waals surface area contributed by atoms with Crippen LogP contribution in [0.15, 0.2) is 18.6 Å². The molecule has 1 aliphatic rings. The van der Waals surface area contributed by atoms with E-state index in [1.807, 2.05) is 0 Å². The molecular weight excluding hydrogens is 216 g/mol. The van der Waals surface area contributed by atoms with Crippen molar-refractivity contribution < 1.29 is 0 Å². The molecule has 3 rings (SSSR count). The number of aromatic amines is 1. The summed E-state index contributed by atoms with van der Waals surface area (Å²) in [5.41, 5.74) is 0.700. The first-order chi connectivity index (χ1) is 8.43. The molecule has 1 aliphatic heterocycles. The lowest BCUT2D eigenvalue weighted by atomic mass is 10.0. The Morgan fingerprint density at radius 1 is 1.24 bits per heavy atom. The summed E-state index contributed by atoms with van der Waals surface area (Å²) < 4.78 is 0. The summed E-state index contributed by atoms with van der Waals surface area (Å²) in [5, 5.41) is 10.6. The first-order valence-corrected chi connectivity index (χ1v) is 5.85. The van der Waals surface area contributed by atoms with E-state index < -0.39 is 0 Å². The highest BCUT2D eigenvalue weighted by atomic mass is 15.2.